The molecule has 0 aliphatic heterocycles. The molecule has 16 heavy (non-hydrogen) atoms. The van der Waals surface area contributed by atoms with Crippen molar-refractivity contribution in [1.82, 2.24) is 0 Å². The fourth-order valence-corrected chi connectivity index (χ4v) is 2.90. The highest BCUT2D eigenvalue weighted by atomic mass is 127. The number of hydrogen-bond donors (Lipinski definition) is 0. The first-order valence-corrected chi connectivity index (χ1v) is 7.19. The molecule has 0 nitrogen and oxygen atoms in total. The molecular formula is C14H12BrI. The zero-order valence-corrected chi connectivity index (χ0v) is 12.5. The fraction of sp³-hybridized carbons (Fsp3) is 0.143. The molecule has 1 unspecified atom stereocenters. The van der Waals surface area contributed by atoms with Crippen molar-refractivity contribution in [3.05, 3.63) is 69.3 Å². The van der Waals surface area contributed by atoms with Crippen LogP contribution in [0.4, 0.5) is 0 Å². The Morgan fingerprint density at radius 1 is 0.938 bits per heavy atom. The standard InChI is InChI=1S/C14H12BrI/c15-13(11-6-2-1-3-7-11)10-12-8-4-5-9-14(12)16/h1-9,13H,10H2. The van der Waals surface area contributed by atoms with Crippen LogP contribution in [0, 0.1) is 3.57 Å². The average molecular weight is 387 g/mol. The Balaban J connectivity index is 2.14. The molecule has 2 aromatic carbocycles. The van der Waals surface area contributed by atoms with Crippen molar-refractivity contribution in [3.63, 3.8) is 0 Å². The van der Waals surface area contributed by atoms with Crippen LogP contribution in [-0.4, -0.2) is 0 Å². The number of alkyl halides is 1. The van der Waals surface area contributed by atoms with E-state index in [1.807, 2.05) is 0 Å². The van der Waals surface area contributed by atoms with Crippen molar-refractivity contribution in [2.75, 3.05) is 0 Å². The van der Waals surface area contributed by atoms with Gasteiger partial charge in [0.15, 0.2) is 0 Å². The first kappa shape index (κ1) is 12.1. The van der Waals surface area contributed by atoms with Crippen LogP contribution in [0.1, 0.15) is 16.0 Å². The highest BCUT2D eigenvalue weighted by Gasteiger charge is 2.09. The predicted octanol–water partition coefficient (Wildman–Crippen LogP) is 4.97. The lowest BCUT2D eigenvalue weighted by Crippen LogP contribution is -1.96. The lowest BCUT2D eigenvalue weighted by atomic mass is 10.0. The topological polar surface area (TPSA) is 0 Å². The summed E-state index contributed by atoms with van der Waals surface area (Å²) in [6.45, 7) is 0. The molecule has 0 saturated heterocycles. The monoisotopic (exact) mass is 386 g/mol. The second-order valence-electron chi connectivity index (χ2n) is 3.67. The first-order valence-electron chi connectivity index (χ1n) is 5.20. The van der Waals surface area contributed by atoms with Crippen molar-refractivity contribution in [2.24, 2.45) is 0 Å². The zero-order chi connectivity index (χ0) is 11.4. The van der Waals surface area contributed by atoms with Crippen LogP contribution >= 0.6 is 38.5 Å². The van der Waals surface area contributed by atoms with Crippen molar-refractivity contribution >= 4 is 38.5 Å². The van der Waals surface area contributed by atoms with Crippen LogP contribution in [0.15, 0.2) is 54.6 Å². The SMILES string of the molecule is BrC(Cc1ccccc1I)c1ccccc1. The van der Waals surface area contributed by atoms with E-state index in [1.54, 1.807) is 0 Å². The van der Waals surface area contributed by atoms with E-state index >= 15 is 0 Å². The Bertz CT molecular complexity index is 453. The second kappa shape index (κ2) is 5.82. The van der Waals surface area contributed by atoms with Gasteiger partial charge in [0.05, 0.1) is 0 Å². The molecule has 0 saturated carbocycles. The summed E-state index contributed by atoms with van der Waals surface area (Å²) in [7, 11) is 0. The van der Waals surface area contributed by atoms with Gasteiger partial charge in [-0.05, 0) is 46.2 Å². The van der Waals surface area contributed by atoms with Gasteiger partial charge in [-0.15, -0.1) is 0 Å². The summed E-state index contributed by atoms with van der Waals surface area (Å²) in [5.74, 6) is 0. The van der Waals surface area contributed by atoms with E-state index in [0.717, 1.165) is 6.42 Å². The van der Waals surface area contributed by atoms with Gasteiger partial charge < -0.3 is 0 Å². The van der Waals surface area contributed by atoms with Gasteiger partial charge in [-0.3, -0.25) is 0 Å². The van der Waals surface area contributed by atoms with Gasteiger partial charge in [0.1, 0.15) is 0 Å². The molecule has 0 N–H and O–H groups in total. The highest BCUT2D eigenvalue weighted by molar-refractivity contribution is 14.1. The zero-order valence-electron chi connectivity index (χ0n) is 8.74. The van der Waals surface area contributed by atoms with Crippen LogP contribution in [0.2, 0.25) is 0 Å². The average Bonchev–Trinajstić information content (AvgIpc) is 2.33. The number of hydrogen-bond acceptors (Lipinski definition) is 0. The van der Waals surface area contributed by atoms with Crippen molar-refractivity contribution in [1.29, 1.82) is 0 Å². The van der Waals surface area contributed by atoms with Crippen LogP contribution in [0.5, 0.6) is 0 Å². The third kappa shape index (κ3) is 3.08. The third-order valence-electron chi connectivity index (χ3n) is 2.52. The Hall–Kier alpha value is -0.350. The Morgan fingerprint density at radius 2 is 1.56 bits per heavy atom. The van der Waals surface area contributed by atoms with E-state index in [2.05, 4.69) is 93.1 Å². The molecule has 0 heterocycles. The summed E-state index contributed by atoms with van der Waals surface area (Å²) in [6.07, 6.45) is 1.03. The molecule has 0 spiro atoms. The van der Waals surface area contributed by atoms with Crippen molar-refractivity contribution < 1.29 is 0 Å². The molecule has 1 atom stereocenters. The summed E-state index contributed by atoms with van der Waals surface area (Å²) in [5.41, 5.74) is 2.73. The van der Waals surface area contributed by atoms with Crippen molar-refractivity contribution in [2.45, 2.75) is 11.2 Å². The van der Waals surface area contributed by atoms with Crippen LogP contribution in [0.25, 0.3) is 0 Å². The van der Waals surface area contributed by atoms with Crippen LogP contribution in [0.3, 0.4) is 0 Å². The van der Waals surface area contributed by atoms with E-state index in [9.17, 15) is 0 Å². The normalized spacial score (nSPS) is 12.4. The molecular weight excluding hydrogens is 375 g/mol. The maximum Gasteiger partial charge on any atom is 0.0436 e. The Kier molecular flexibility index (Phi) is 4.41. The third-order valence-corrected chi connectivity index (χ3v) is 4.42. The van der Waals surface area contributed by atoms with Gasteiger partial charge in [-0.2, -0.15) is 0 Å². The summed E-state index contributed by atoms with van der Waals surface area (Å²) < 4.78 is 1.33. The molecule has 0 radical (unpaired) electrons. The Labute approximate surface area is 118 Å². The van der Waals surface area contributed by atoms with E-state index < -0.39 is 0 Å². The number of rotatable bonds is 3. The quantitative estimate of drug-likeness (QED) is 0.516. The maximum atomic E-state index is 3.75. The summed E-state index contributed by atoms with van der Waals surface area (Å²) >= 11 is 6.15. The van der Waals surface area contributed by atoms with Gasteiger partial charge >= 0.3 is 0 Å². The molecule has 2 aromatic rings. The van der Waals surface area contributed by atoms with Gasteiger partial charge in [0.2, 0.25) is 0 Å². The first-order chi connectivity index (χ1) is 7.77. The second-order valence-corrected chi connectivity index (χ2v) is 5.94. The molecule has 0 bridgehead atoms. The molecule has 0 aromatic heterocycles. The van der Waals surface area contributed by atoms with Gasteiger partial charge in [0, 0.05) is 8.40 Å². The van der Waals surface area contributed by atoms with E-state index in [4.69, 9.17) is 0 Å². The largest absolute Gasteiger partial charge is 0.0835 e. The molecule has 0 aliphatic carbocycles. The van der Waals surface area contributed by atoms with E-state index in [-0.39, 0.29) is 0 Å². The number of halogens is 2. The predicted molar refractivity (Wildman–Crippen MR) is 81.0 cm³/mol. The van der Waals surface area contributed by atoms with E-state index in [1.165, 1.54) is 14.7 Å². The van der Waals surface area contributed by atoms with Gasteiger partial charge in [-0.25, -0.2) is 0 Å². The molecule has 82 valence electrons. The number of benzene rings is 2. The van der Waals surface area contributed by atoms with E-state index in [0.29, 0.717) is 4.83 Å². The molecule has 0 fully saturated rings. The molecule has 2 rings (SSSR count). The highest BCUT2D eigenvalue weighted by Crippen LogP contribution is 2.28. The van der Waals surface area contributed by atoms with Crippen molar-refractivity contribution in [3.8, 4) is 0 Å². The van der Waals surface area contributed by atoms with Crippen LogP contribution < -0.4 is 0 Å². The minimum absolute atomic E-state index is 0.393. The molecule has 0 aliphatic rings. The maximum absolute atomic E-state index is 3.75. The minimum atomic E-state index is 0.393. The molecule has 0 amide bonds. The Morgan fingerprint density at radius 3 is 2.25 bits per heavy atom. The van der Waals surface area contributed by atoms with Crippen LogP contribution in [-0.2, 0) is 6.42 Å². The minimum Gasteiger partial charge on any atom is -0.0835 e. The molecule has 2 heteroatoms. The summed E-state index contributed by atoms with van der Waals surface area (Å²) in [5, 5.41) is 0. The lowest BCUT2D eigenvalue weighted by Gasteiger charge is -2.11. The smallest absolute Gasteiger partial charge is 0.0436 e. The van der Waals surface area contributed by atoms with Gasteiger partial charge in [-0.1, -0.05) is 64.5 Å². The summed E-state index contributed by atoms with van der Waals surface area (Å²) in [4.78, 5) is 0.393. The lowest BCUT2D eigenvalue weighted by molar-refractivity contribution is 0.943. The fourth-order valence-electron chi connectivity index (χ4n) is 1.64. The summed E-state index contributed by atoms with van der Waals surface area (Å²) in [6, 6.07) is 19.1. The van der Waals surface area contributed by atoms with Gasteiger partial charge in [0.25, 0.3) is 0 Å².